The summed E-state index contributed by atoms with van der Waals surface area (Å²) in [4.78, 5) is 29.2. The number of nitrogens with zero attached hydrogens (tertiary/aromatic N) is 2. The standard InChI is InChI=1S/C15H14N2O2S/c1-10(18)20-13-7-15(19)17(9-13)14-6-11-4-2-3-5-12(11)8-16-14/h2-6,8,13H,7,9H2,1H3. The van der Waals surface area contributed by atoms with Gasteiger partial charge in [0.25, 0.3) is 0 Å². The fourth-order valence-electron chi connectivity index (χ4n) is 2.43. The van der Waals surface area contributed by atoms with E-state index in [4.69, 9.17) is 0 Å². The number of carbonyl (C=O) groups excluding carboxylic acids is 2. The van der Waals surface area contributed by atoms with Crippen LogP contribution in [0, 0.1) is 0 Å². The molecule has 0 radical (unpaired) electrons. The van der Waals surface area contributed by atoms with E-state index < -0.39 is 0 Å². The second-order valence-corrected chi connectivity index (χ2v) is 6.31. The zero-order chi connectivity index (χ0) is 14.1. The highest BCUT2D eigenvalue weighted by Gasteiger charge is 2.32. The van der Waals surface area contributed by atoms with Crippen LogP contribution in [-0.2, 0) is 9.59 Å². The average Bonchev–Trinajstić information content (AvgIpc) is 2.78. The lowest BCUT2D eigenvalue weighted by molar-refractivity contribution is -0.117. The van der Waals surface area contributed by atoms with Crippen LogP contribution in [0.2, 0.25) is 0 Å². The van der Waals surface area contributed by atoms with Gasteiger partial charge in [0.1, 0.15) is 5.82 Å². The first kappa shape index (κ1) is 13.1. The van der Waals surface area contributed by atoms with E-state index in [9.17, 15) is 9.59 Å². The number of amides is 1. The van der Waals surface area contributed by atoms with Crippen LogP contribution >= 0.6 is 11.8 Å². The van der Waals surface area contributed by atoms with Crippen molar-refractivity contribution in [3.8, 4) is 0 Å². The SMILES string of the molecule is CC(=O)SC1CC(=O)N(c2cc3ccccc3cn2)C1. The lowest BCUT2D eigenvalue weighted by Gasteiger charge is -2.15. The van der Waals surface area contributed by atoms with Crippen LogP contribution in [-0.4, -0.2) is 27.8 Å². The van der Waals surface area contributed by atoms with Crippen LogP contribution in [0.15, 0.2) is 36.5 Å². The maximum Gasteiger partial charge on any atom is 0.229 e. The summed E-state index contributed by atoms with van der Waals surface area (Å²) in [5.74, 6) is 0.701. The van der Waals surface area contributed by atoms with E-state index in [1.807, 2.05) is 30.3 Å². The van der Waals surface area contributed by atoms with Gasteiger partial charge in [-0.05, 0) is 11.5 Å². The van der Waals surface area contributed by atoms with E-state index in [2.05, 4.69) is 4.98 Å². The van der Waals surface area contributed by atoms with Crippen LogP contribution in [0.5, 0.6) is 0 Å². The third kappa shape index (κ3) is 2.54. The van der Waals surface area contributed by atoms with Crippen molar-refractivity contribution in [2.45, 2.75) is 18.6 Å². The summed E-state index contributed by atoms with van der Waals surface area (Å²) in [7, 11) is 0. The maximum atomic E-state index is 12.1. The Labute approximate surface area is 121 Å². The van der Waals surface area contributed by atoms with Crippen LogP contribution in [0.1, 0.15) is 13.3 Å². The monoisotopic (exact) mass is 286 g/mol. The van der Waals surface area contributed by atoms with Crippen molar-refractivity contribution >= 4 is 39.4 Å². The van der Waals surface area contributed by atoms with Crippen molar-refractivity contribution in [1.82, 2.24) is 4.98 Å². The molecule has 0 bridgehead atoms. The summed E-state index contributed by atoms with van der Waals surface area (Å²) in [5, 5.41) is 2.20. The molecule has 2 aromatic rings. The Hall–Kier alpha value is -1.88. The summed E-state index contributed by atoms with van der Waals surface area (Å²) in [6, 6.07) is 9.85. The van der Waals surface area contributed by atoms with Crippen molar-refractivity contribution in [3.63, 3.8) is 0 Å². The molecule has 0 N–H and O–H groups in total. The molecule has 1 aromatic carbocycles. The molecule has 1 aliphatic rings. The van der Waals surface area contributed by atoms with Crippen LogP contribution in [0.4, 0.5) is 5.82 Å². The van der Waals surface area contributed by atoms with E-state index in [1.54, 1.807) is 11.1 Å². The smallest absolute Gasteiger partial charge is 0.229 e. The van der Waals surface area contributed by atoms with Gasteiger partial charge in [-0.2, -0.15) is 0 Å². The van der Waals surface area contributed by atoms with Crippen molar-refractivity contribution in [2.75, 3.05) is 11.4 Å². The number of pyridine rings is 1. The molecule has 1 aliphatic heterocycles. The number of thioether (sulfide) groups is 1. The molecule has 3 rings (SSSR count). The summed E-state index contributed by atoms with van der Waals surface area (Å²) in [5.41, 5.74) is 0. The van der Waals surface area contributed by atoms with Gasteiger partial charge in [-0.1, -0.05) is 36.0 Å². The first-order valence-electron chi connectivity index (χ1n) is 6.46. The molecule has 4 nitrogen and oxygen atoms in total. The highest BCUT2D eigenvalue weighted by atomic mass is 32.2. The molecule has 0 saturated carbocycles. The molecule has 2 heterocycles. The largest absolute Gasteiger partial charge is 0.296 e. The van der Waals surface area contributed by atoms with E-state index in [0.29, 0.717) is 18.8 Å². The molecule has 1 unspecified atom stereocenters. The first-order valence-corrected chi connectivity index (χ1v) is 7.34. The second kappa shape index (κ2) is 5.25. The Morgan fingerprint density at radius 1 is 1.35 bits per heavy atom. The van der Waals surface area contributed by atoms with E-state index in [1.165, 1.54) is 18.7 Å². The lowest BCUT2D eigenvalue weighted by atomic mass is 10.2. The number of fused-ring (bicyclic) bond motifs is 1. The fraction of sp³-hybridized carbons (Fsp3) is 0.267. The Morgan fingerprint density at radius 2 is 2.10 bits per heavy atom. The highest BCUT2D eigenvalue weighted by molar-refractivity contribution is 8.14. The third-order valence-electron chi connectivity index (χ3n) is 3.32. The lowest BCUT2D eigenvalue weighted by Crippen LogP contribution is -2.25. The number of rotatable bonds is 2. The van der Waals surface area contributed by atoms with Crippen molar-refractivity contribution in [1.29, 1.82) is 0 Å². The van der Waals surface area contributed by atoms with Gasteiger partial charge < -0.3 is 0 Å². The van der Waals surface area contributed by atoms with E-state index in [0.717, 1.165) is 10.8 Å². The van der Waals surface area contributed by atoms with Gasteiger partial charge in [0.05, 0.1) is 0 Å². The quantitative estimate of drug-likeness (QED) is 0.851. The normalized spacial score (nSPS) is 18.8. The van der Waals surface area contributed by atoms with Gasteiger partial charge >= 0.3 is 0 Å². The fourth-order valence-corrected chi connectivity index (χ4v) is 3.35. The maximum absolute atomic E-state index is 12.1. The summed E-state index contributed by atoms with van der Waals surface area (Å²) < 4.78 is 0. The summed E-state index contributed by atoms with van der Waals surface area (Å²) in [6.07, 6.45) is 2.18. The summed E-state index contributed by atoms with van der Waals surface area (Å²) in [6.45, 7) is 2.08. The minimum atomic E-state index is 0.0338. The molecule has 5 heteroatoms. The molecule has 1 saturated heterocycles. The molecule has 1 atom stereocenters. The van der Waals surface area contributed by atoms with Crippen molar-refractivity contribution in [2.24, 2.45) is 0 Å². The van der Waals surface area contributed by atoms with Crippen LogP contribution in [0.3, 0.4) is 0 Å². The second-order valence-electron chi connectivity index (χ2n) is 4.83. The molecule has 0 aliphatic carbocycles. The number of hydrogen-bond acceptors (Lipinski definition) is 4. The Kier molecular flexibility index (Phi) is 3.44. The topological polar surface area (TPSA) is 50.3 Å². The van der Waals surface area contributed by atoms with Crippen molar-refractivity contribution < 1.29 is 9.59 Å². The van der Waals surface area contributed by atoms with Gasteiger partial charge in [-0.25, -0.2) is 4.98 Å². The van der Waals surface area contributed by atoms with Crippen LogP contribution < -0.4 is 4.90 Å². The number of carbonyl (C=O) groups is 2. The number of aromatic nitrogens is 1. The Bertz CT molecular complexity index is 686. The van der Waals surface area contributed by atoms with Gasteiger partial charge in [0, 0.05) is 36.7 Å². The van der Waals surface area contributed by atoms with Gasteiger partial charge in [0.2, 0.25) is 5.91 Å². The predicted octanol–water partition coefficient (Wildman–Crippen LogP) is 2.62. The molecule has 102 valence electrons. The highest BCUT2D eigenvalue weighted by Crippen LogP contribution is 2.28. The van der Waals surface area contributed by atoms with Gasteiger partial charge in [-0.15, -0.1) is 0 Å². The van der Waals surface area contributed by atoms with Gasteiger partial charge in [0.15, 0.2) is 5.12 Å². The number of anilines is 1. The Balaban J connectivity index is 1.87. The summed E-state index contributed by atoms with van der Waals surface area (Å²) >= 11 is 1.24. The molecular formula is C15H14N2O2S. The minimum absolute atomic E-state index is 0.0338. The van der Waals surface area contributed by atoms with E-state index in [-0.39, 0.29) is 16.3 Å². The zero-order valence-electron chi connectivity index (χ0n) is 11.1. The van der Waals surface area contributed by atoms with Gasteiger partial charge in [-0.3, -0.25) is 14.5 Å². The number of benzene rings is 1. The van der Waals surface area contributed by atoms with E-state index >= 15 is 0 Å². The third-order valence-corrected chi connectivity index (χ3v) is 4.30. The molecule has 0 spiro atoms. The minimum Gasteiger partial charge on any atom is -0.296 e. The molecule has 20 heavy (non-hydrogen) atoms. The Morgan fingerprint density at radius 3 is 2.85 bits per heavy atom. The van der Waals surface area contributed by atoms with Crippen molar-refractivity contribution in [3.05, 3.63) is 36.5 Å². The molecular weight excluding hydrogens is 272 g/mol. The van der Waals surface area contributed by atoms with Crippen LogP contribution in [0.25, 0.3) is 10.8 Å². The first-order chi connectivity index (χ1) is 9.63. The zero-order valence-corrected chi connectivity index (χ0v) is 11.9. The molecule has 1 amide bonds. The number of hydrogen-bond donors (Lipinski definition) is 0. The molecule has 1 fully saturated rings. The average molecular weight is 286 g/mol. The predicted molar refractivity (Wildman–Crippen MR) is 80.8 cm³/mol. The molecule has 1 aromatic heterocycles.